The number of hydrogen-bond acceptors (Lipinski definition) is 4. The second-order valence-electron chi connectivity index (χ2n) is 14.1. The third kappa shape index (κ3) is 5.86. The number of aliphatic imine (C=N–C) groups is 1. The summed E-state index contributed by atoms with van der Waals surface area (Å²) in [6, 6.07) is 44.0. The molecular formula is C44H39N3O2. The number of fused-ring (bicyclic) bond motifs is 3. The fourth-order valence-corrected chi connectivity index (χ4v) is 6.84. The summed E-state index contributed by atoms with van der Waals surface area (Å²) in [6.45, 7) is 10.9. The smallest absolute Gasteiger partial charge is 0.217 e. The Morgan fingerprint density at radius 3 is 2.16 bits per heavy atom. The third-order valence-electron chi connectivity index (χ3n) is 9.32. The van der Waals surface area contributed by atoms with Gasteiger partial charge in [0.2, 0.25) is 5.90 Å². The van der Waals surface area contributed by atoms with Crippen LogP contribution in [-0.4, -0.2) is 15.4 Å². The predicted octanol–water partition coefficient (Wildman–Crippen LogP) is 11.1. The first-order valence-electron chi connectivity index (χ1n) is 16.9. The molecule has 0 bridgehead atoms. The molecule has 0 saturated heterocycles. The van der Waals surface area contributed by atoms with E-state index in [9.17, 15) is 0 Å². The van der Waals surface area contributed by atoms with Crippen LogP contribution < -0.4 is 4.74 Å². The Balaban J connectivity index is 1.18. The van der Waals surface area contributed by atoms with Crippen LogP contribution in [0.4, 0.5) is 0 Å². The van der Waals surface area contributed by atoms with Gasteiger partial charge in [-0.25, -0.2) is 9.98 Å². The van der Waals surface area contributed by atoms with E-state index in [-0.39, 0.29) is 17.6 Å². The Morgan fingerprint density at radius 1 is 0.653 bits per heavy atom. The largest absolute Gasteiger partial charge is 0.467 e. The molecule has 0 amide bonds. The van der Waals surface area contributed by atoms with Crippen LogP contribution in [0.2, 0.25) is 0 Å². The van der Waals surface area contributed by atoms with Gasteiger partial charge in [-0.15, -0.1) is 0 Å². The Morgan fingerprint density at radius 2 is 1.41 bits per heavy atom. The molecule has 5 heteroatoms. The zero-order valence-electron chi connectivity index (χ0n) is 28.5. The molecule has 0 N–H and O–H groups in total. The van der Waals surface area contributed by atoms with Gasteiger partial charge in [-0.1, -0.05) is 93.1 Å². The van der Waals surface area contributed by atoms with E-state index in [4.69, 9.17) is 19.5 Å². The van der Waals surface area contributed by atoms with Crippen LogP contribution in [0.5, 0.6) is 11.5 Å². The minimum absolute atomic E-state index is 0.000256. The molecule has 0 aliphatic carbocycles. The molecule has 0 unspecified atom stereocenters. The minimum Gasteiger partial charge on any atom is -0.467 e. The van der Waals surface area contributed by atoms with Gasteiger partial charge in [0.1, 0.15) is 23.4 Å². The summed E-state index contributed by atoms with van der Waals surface area (Å²) < 4.78 is 15.5. The Hall–Kier alpha value is -5.68. The molecule has 0 saturated carbocycles. The molecule has 7 aromatic rings. The lowest BCUT2D eigenvalue weighted by Crippen LogP contribution is -2.12. The highest BCUT2D eigenvalue weighted by Crippen LogP contribution is 2.42. The molecule has 5 nitrogen and oxygen atoms in total. The summed E-state index contributed by atoms with van der Waals surface area (Å²) in [4.78, 5) is 10.00. The Kier molecular flexibility index (Phi) is 7.56. The standard InChI is InChI=1S/C44H39N3O2/c1-28-16-19-38-37(24-28)36-18-17-34(27-39(36)47(38)40-26-33(20-21-45-40)44(3,4)5)48-35-23-29(2)22-32(25-35)43-46-41(30-12-8-6-9-13-30)42(49-43)31-14-10-7-11-15-31/h6-27,41-42H,1-5H3/t41-,42+/m1/s1. The highest BCUT2D eigenvalue weighted by atomic mass is 16.5. The maximum Gasteiger partial charge on any atom is 0.217 e. The molecular weight excluding hydrogens is 603 g/mol. The summed E-state index contributed by atoms with van der Waals surface area (Å²) in [7, 11) is 0. The quantitative estimate of drug-likeness (QED) is 0.182. The summed E-state index contributed by atoms with van der Waals surface area (Å²) >= 11 is 0. The molecule has 242 valence electrons. The van der Waals surface area contributed by atoms with E-state index in [1.54, 1.807) is 0 Å². The van der Waals surface area contributed by atoms with E-state index in [0.29, 0.717) is 5.90 Å². The van der Waals surface area contributed by atoms with Gasteiger partial charge in [-0.3, -0.25) is 4.57 Å². The van der Waals surface area contributed by atoms with Gasteiger partial charge in [-0.2, -0.15) is 0 Å². The van der Waals surface area contributed by atoms with E-state index in [1.807, 2.05) is 36.5 Å². The number of rotatable bonds is 6. The normalized spacial score (nSPS) is 16.1. The van der Waals surface area contributed by atoms with Crippen molar-refractivity contribution in [3.8, 4) is 17.3 Å². The van der Waals surface area contributed by atoms with E-state index < -0.39 is 0 Å². The molecule has 1 aliphatic rings. The highest BCUT2D eigenvalue weighted by molar-refractivity contribution is 6.09. The van der Waals surface area contributed by atoms with Crippen LogP contribution >= 0.6 is 0 Å². The molecule has 0 radical (unpaired) electrons. The summed E-state index contributed by atoms with van der Waals surface area (Å²) in [5.41, 5.74) is 8.79. The molecule has 2 aromatic heterocycles. The lowest BCUT2D eigenvalue weighted by molar-refractivity contribution is 0.197. The average molecular weight is 642 g/mol. The topological polar surface area (TPSA) is 48.6 Å². The molecule has 5 aromatic carbocycles. The predicted molar refractivity (Wildman–Crippen MR) is 199 cm³/mol. The van der Waals surface area contributed by atoms with Gasteiger partial charge >= 0.3 is 0 Å². The van der Waals surface area contributed by atoms with Gasteiger partial charge in [0, 0.05) is 28.6 Å². The number of nitrogens with zero attached hydrogens (tertiary/aromatic N) is 3. The van der Waals surface area contributed by atoms with Crippen LogP contribution in [0.25, 0.3) is 27.6 Å². The minimum atomic E-state index is -0.221. The van der Waals surface area contributed by atoms with Gasteiger partial charge in [0.15, 0.2) is 6.10 Å². The SMILES string of the molecule is Cc1cc(Oc2ccc3c4cc(C)ccc4n(-c4cc(C(C)(C)C)ccn4)c3c2)cc(C2=N[C@H](c3ccccc3)[C@H](c3ccccc3)O2)c1. The van der Waals surface area contributed by atoms with E-state index >= 15 is 0 Å². The van der Waals surface area contributed by atoms with Crippen LogP contribution in [-0.2, 0) is 10.2 Å². The number of ether oxygens (including phenoxy) is 2. The maximum absolute atomic E-state index is 6.64. The molecule has 8 rings (SSSR count). The van der Waals surface area contributed by atoms with Gasteiger partial charge in [0.25, 0.3) is 0 Å². The second kappa shape index (κ2) is 12.1. The van der Waals surface area contributed by atoms with Crippen molar-refractivity contribution < 1.29 is 9.47 Å². The monoisotopic (exact) mass is 641 g/mol. The number of hydrogen-bond donors (Lipinski definition) is 0. The fraction of sp³-hybridized carbons (Fsp3) is 0.182. The van der Waals surface area contributed by atoms with E-state index in [2.05, 4.69) is 136 Å². The van der Waals surface area contributed by atoms with Crippen molar-refractivity contribution in [1.29, 1.82) is 0 Å². The van der Waals surface area contributed by atoms with E-state index in [0.717, 1.165) is 56.0 Å². The molecule has 0 fully saturated rings. The number of aromatic nitrogens is 2. The zero-order chi connectivity index (χ0) is 33.7. The number of aryl methyl sites for hydroxylation is 2. The number of benzene rings is 5. The lowest BCUT2D eigenvalue weighted by Gasteiger charge is -2.20. The molecule has 2 atom stereocenters. The highest BCUT2D eigenvalue weighted by Gasteiger charge is 2.34. The Bertz CT molecular complexity index is 2350. The van der Waals surface area contributed by atoms with Crippen molar-refractivity contribution in [3.63, 3.8) is 0 Å². The van der Waals surface area contributed by atoms with Crippen molar-refractivity contribution in [1.82, 2.24) is 9.55 Å². The zero-order valence-corrected chi connectivity index (χ0v) is 28.5. The van der Waals surface area contributed by atoms with Crippen molar-refractivity contribution in [3.05, 3.63) is 167 Å². The molecule has 3 heterocycles. The fourth-order valence-electron chi connectivity index (χ4n) is 6.84. The summed E-state index contributed by atoms with van der Waals surface area (Å²) in [5.74, 6) is 2.98. The van der Waals surface area contributed by atoms with Gasteiger partial charge < -0.3 is 9.47 Å². The molecule has 0 spiro atoms. The molecule has 1 aliphatic heterocycles. The Labute approximate surface area is 287 Å². The van der Waals surface area contributed by atoms with Crippen LogP contribution in [0.1, 0.15) is 66.3 Å². The van der Waals surface area contributed by atoms with Crippen molar-refractivity contribution >= 4 is 27.7 Å². The maximum atomic E-state index is 6.64. The van der Waals surface area contributed by atoms with Gasteiger partial charge in [-0.05, 0) is 96.1 Å². The average Bonchev–Trinajstić information content (AvgIpc) is 3.68. The lowest BCUT2D eigenvalue weighted by atomic mass is 9.88. The molecule has 49 heavy (non-hydrogen) atoms. The van der Waals surface area contributed by atoms with Crippen molar-refractivity contribution in [2.45, 2.75) is 52.2 Å². The second-order valence-corrected chi connectivity index (χ2v) is 14.1. The number of pyridine rings is 1. The van der Waals surface area contributed by atoms with Crippen molar-refractivity contribution in [2.75, 3.05) is 0 Å². The first-order valence-corrected chi connectivity index (χ1v) is 16.9. The van der Waals surface area contributed by atoms with Crippen molar-refractivity contribution in [2.24, 2.45) is 4.99 Å². The van der Waals surface area contributed by atoms with Crippen LogP contribution in [0.15, 0.2) is 139 Å². The first kappa shape index (κ1) is 30.6. The summed E-state index contributed by atoms with van der Waals surface area (Å²) in [6.07, 6.45) is 1.69. The third-order valence-corrected chi connectivity index (χ3v) is 9.32. The van der Waals surface area contributed by atoms with E-state index in [1.165, 1.54) is 16.5 Å². The van der Waals surface area contributed by atoms with Crippen LogP contribution in [0, 0.1) is 13.8 Å². The van der Waals surface area contributed by atoms with Gasteiger partial charge in [0.05, 0.1) is 11.0 Å². The summed E-state index contributed by atoms with van der Waals surface area (Å²) in [5, 5.41) is 2.35. The first-order chi connectivity index (χ1) is 23.7. The van der Waals surface area contributed by atoms with Crippen LogP contribution in [0.3, 0.4) is 0 Å².